The quantitative estimate of drug-likeness (QED) is 0.123. The molecule has 0 radical (unpaired) electrons. The summed E-state index contributed by atoms with van der Waals surface area (Å²) in [4.78, 5) is 70.4. The van der Waals surface area contributed by atoms with Crippen molar-refractivity contribution in [2.24, 2.45) is 0 Å². The predicted octanol–water partition coefficient (Wildman–Crippen LogP) is -1.52. The molecule has 0 saturated heterocycles. The van der Waals surface area contributed by atoms with Gasteiger partial charge in [0, 0.05) is 12.8 Å². The Morgan fingerprint density at radius 1 is 0.944 bits per heavy atom. The minimum Gasteiger partial charge on any atom is -0.480 e. The number of carboxylic acids is 2. The Labute approximate surface area is 217 Å². The summed E-state index contributed by atoms with van der Waals surface area (Å²) < 4.78 is 11.6. The van der Waals surface area contributed by atoms with Crippen LogP contribution in [0.2, 0.25) is 0 Å². The molecule has 36 heavy (non-hydrogen) atoms. The zero-order valence-corrected chi connectivity index (χ0v) is 22.0. The van der Waals surface area contributed by atoms with Gasteiger partial charge in [0.15, 0.2) is 0 Å². The Kier molecular flexibility index (Phi) is 14.0. The molecule has 196 valence electrons. The van der Waals surface area contributed by atoms with Gasteiger partial charge < -0.3 is 15.5 Å². The Morgan fingerprint density at radius 3 is 2.14 bits per heavy atom. The van der Waals surface area contributed by atoms with E-state index in [9.17, 15) is 37.6 Å². The normalized spacial score (nSPS) is 12.1. The van der Waals surface area contributed by atoms with Crippen LogP contribution in [0, 0.1) is 0 Å². The van der Waals surface area contributed by atoms with Crippen LogP contribution >= 0.6 is 11.8 Å². The second kappa shape index (κ2) is 16.4. The van der Waals surface area contributed by atoms with E-state index < -0.39 is 69.9 Å². The van der Waals surface area contributed by atoms with Crippen LogP contribution in [-0.2, 0) is 32.5 Å². The second-order valence-electron chi connectivity index (χ2n) is 7.28. The summed E-state index contributed by atoms with van der Waals surface area (Å²) in [5.41, 5.74) is 0.492. The van der Waals surface area contributed by atoms with E-state index in [1.165, 1.54) is 0 Å². The van der Waals surface area contributed by atoms with Gasteiger partial charge in [-0.1, -0.05) is 6.92 Å². The van der Waals surface area contributed by atoms with E-state index in [1.54, 1.807) is 31.2 Å². The molecule has 0 heterocycles. The van der Waals surface area contributed by atoms with Gasteiger partial charge in [0.2, 0.25) is 5.91 Å². The predicted molar refractivity (Wildman–Crippen MR) is 130 cm³/mol. The SMILES string of the molecule is CCC(=O)NC(CCC(=O)NC(CSCC(=O)Nc1ccc([As]=O)cc1)C(=O)NCC(=O)O)C(=O)O. The third kappa shape index (κ3) is 12.5. The van der Waals surface area contributed by atoms with Gasteiger partial charge in [0.1, 0.15) is 12.6 Å². The summed E-state index contributed by atoms with van der Waals surface area (Å²) in [7, 11) is 0. The van der Waals surface area contributed by atoms with E-state index in [-0.39, 0.29) is 30.8 Å². The number of nitrogens with one attached hydrogen (secondary N) is 4. The molecule has 15 heteroatoms. The van der Waals surface area contributed by atoms with E-state index in [4.69, 9.17) is 5.11 Å². The number of thioether (sulfide) groups is 1. The zero-order chi connectivity index (χ0) is 27.1. The number of anilines is 1. The summed E-state index contributed by atoms with van der Waals surface area (Å²) >= 11 is -0.157. The van der Waals surface area contributed by atoms with Crippen LogP contribution in [0.15, 0.2) is 24.3 Å². The summed E-state index contributed by atoms with van der Waals surface area (Å²) in [6, 6.07) is 3.96. The summed E-state index contributed by atoms with van der Waals surface area (Å²) in [5, 5.41) is 27.4. The van der Waals surface area contributed by atoms with Crippen LogP contribution in [-0.4, -0.2) is 91.6 Å². The van der Waals surface area contributed by atoms with Crippen LogP contribution < -0.4 is 25.6 Å². The topological polar surface area (TPSA) is 208 Å². The molecule has 0 aliphatic rings. The fraction of sp³-hybridized carbons (Fsp3) is 0.429. The second-order valence-corrected chi connectivity index (χ2v) is 9.78. The number of hydrogen-bond donors (Lipinski definition) is 6. The van der Waals surface area contributed by atoms with E-state index in [0.29, 0.717) is 10.0 Å². The van der Waals surface area contributed by atoms with Gasteiger partial charge in [-0.2, -0.15) is 0 Å². The molecule has 2 unspecified atom stereocenters. The fourth-order valence-electron chi connectivity index (χ4n) is 2.64. The summed E-state index contributed by atoms with van der Waals surface area (Å²) in [6.45, 7) is 0.868. The number of amides is 4. The molecular formula is C21H27AsN4O9S. The Bertz CT molecular complexity index is 975. The third-order valence-corrected chi connectivity index (χ3v) is 6.56. The molecule has 2 atom stereocenters. The van der Waals surface area contributed by atoms with Gasteiger partial charge in [0.05, 0.1) is 0 Å². The van der Waals surface area contributed by atoms with Gasteiger partial charge in [-0.3, -0.25) is 14.4 Å². The number of rotatable bonds is 16. The van der Waals surface area contributed by atoms with Crippen molar-refractivity contribution < 1.29 is 42.7 Å². The molecule has 4 amide bonds. The van der Waals surface area contributed by atoms with Gasteiger partial charge in [-0.05, 0) is 6.42 Å². The maximum atomic E-state index is 12.4. The average molecular weight is 586 g/mol. The standard InChI is InChI=1S/C21H27AsN4O9S/c1-2-16(27)25-14(21(33)34)7-8-17(28)26-15(20(32)23-9-19(30)31)10-36-11-18(29)24-13-5-3-12(22-35)4-6-13/h3-6,14-15H,2,7-11H2,1H3,(H,23,32)(H,24,29)(H,25,27)(H,26,28)(H,30,31)(H,33,34). The molecule has 0 bridgehead atoms. The molecule has 1 rings (SSSR count). The maximum absolute atomic E-state index is 12.4. The molecule has 13 nitrogen and oxygen atoms in total. The molecular weight excluding hydrogens is 559 g/mol. The van der Waals surface area contributed by atoms with E-state index in [2.05, 4.69) is 21.3 Å². The van der Waals surface area contributed by atoms with Gasteiger partial charge in [0.25, 0.3) is 0 Å². The Balaban J connectivity index is 2.66. The first kappa shape index (κ1) is 30.8. The number of aliphatic carboxylic acids is 2. The molecule has 0 fully saturated rings. The number of hydrogen-bond acceptors (Lipinski definition) is 8. The van der Waals surface area contributed by atoms with E-state index >= 15 is 0 Å². The van der Waals surface area contributed by atoms with Crippen molar-refractivity contribution in [2.45, 2.75) is 38.3 Å². The Morgan fingerprint density at radius 2 is 1.58 bits per heavy atom. The first-order chi connectivity index (χ1) is 17.0. The van der Waals surface area contributed by atoms with Gasteiger partial charge in [-0.15, -0.1) is 0 Å². The van der Waals surface area contributed by atoms with Crippen LogP contribution in [0.25, 0.3) is 0 Å². The van der Waals surface area contributed by atoms with Gasteiger partial charge >= 0.3 is 138 Å². The third-order valence-electron chi connectivity index (χ3n) is 4.45. The van der Waals surface area contributed by atoms with Crippen molar-refractivity contribution in [1.29, 1.82) is 0 Å². The average Bonchev–Trinajstić information content (AvgIpc) is 2.84. The van der Waals surface area contributed by atoms with E-state index in [0.717, 1.165) is 11.8 Å². The molecule has 0 aliphatic carbocycles. The molecule has 6 N–H and O–H groups in total. The van der Waals surface area contributed by atoms with Crippen molar-refractivity contribution in [3.63, 3.8) is 0 Å². The minimum absolute atomic E-state index is 0.0685. The molecule has 0 aromatic heterocycles. The molecule has 0 spiro atoms. The van der Waals surface area contributed by atoms with Crippen molar-refractivity contribution >= 4 is 73.1 Å². The Hall–Kier alpha value is -3.25. The van der Waals surface area contributed by atoms with Crippen molar-refractivity contribution in [3.05, 3.63) is 24.3 Å². The monoisotopic (exact) mass is 586 g/mol. The molecule has 1 aromatic carbocycles. The number of carbonyl (C=O) groups excluding carboxylic acids is 4. The van der Waals surface area contributed by atoms with Crippen LogP contribution in [0.1, 0.15) is 26.2 Å². The first-order valence-electron chi connectivity index (χ1n) is 10.7. The van der Waals surface area contributed by atoms with Crippen molar-refractivity contribution in [3.8, 4) is 0 Å². The van der Waals surface area contributed by atoms with E-state index in [1.807, 2.05) is 0 Å². The smallest absolute Gasteiger partial charge is 0.480 e. The number of benzene rings is 1. The zero-order valence-electron chi connectivity index (χ0n) is 19.3. The van der Waals surface area contributed by atoms with Crippen molar-refractivity contribution in [1.82, 2.24) is 16.0 Å². The van der Waals surface area contributed by atoms with Crippen LogP contribution in [0.4, 0.5) is 5.69 Å². The molecule has 1 aromatic rings. The fourth-order valence-corrected chi connectivity index (χ4v) is 4.05. The molecule has 0 aliphatic heterocycles. The minimum atomic E-state index is -1.31. The number of carbonyl (C=O) groups is 6. The molecule has 0 saturated carbocycles. The summed E-state index contributed by atoms with van der Waals surface area (Å²) in [5.74, 6) is -5.12. The first-order valence-corrected chi connectivity index (χ1v) is 13.5. The van der Waals surface area contributed by atoms with Gasteiger partial charge in [-0.25, -0.2) is 4.79 Å². The summed E-state index contributed by atoms with van der Waals surface area (Å²) in [6.07, 6.45) is -0.478. The van der Waals surface area contributed by atoms with Crippen LogP contribution in [0.3, 0.4) is 0 Å². The van der Waals surface area contributed by atoms with Crippen molar-refractivity contribution in [2.75, 3.05) is 23.4 Å². The number of carboxylic acid groups (broad SMARTS) is 2. The van der Waals surface area contributed by atoms with Crippen LogP contribution in [0.5, 0.6) is 0 Å².